The standard InChI is InChI=1S/C15H23NO/c1-2-3-11-17-15-8-6-13(7-9-15)14-5-4-10-16-12-14/h6-9,14,16H,2-5,10-12H2,1H3. The van der Waals surface area contributed by atoms with Crippen molar-refractivity contribution >= 4 is 0 Å². The van der Waals surface area contributed by atoms with Gasteiger partial charge in [-0.2, -0.15) is 0 Å². The zero-order valence-electron chi connectivity index (χ0n) is 10.7. The molecule has 0 aliphatic carbocycles. The van der Waals surface area contributed by atoms with Crippen LogP contribution < -0.4 is 10.1 Å². The third kappa shape index (κ3) is 3.74. The van der Waals surface area contributed by atoms with Crippen LogP contribution in [0.1, 0.15) is 44.1 Å². The lowest BCUT2D eigenvalue weighted by Crippen LogP contribution is -2.28. The number of hydrogen-bond donors (Lipinski definition) is 1. The van der Waals surface area contributed by atoms with Crippen LogP contribution in [-0.2, 0) is 0 Å². The SMILES string of the molecule is CCCCOc1ccc(C2CCCNC2)cc1. The van der Waals surface area contributed by atoms with Gasteiger partial charge in [-0.25, -0.2) is 0 Å². The molecule has 0 spiro atoms. The minimum absolute atomic E-state index is 0.688. The van der Waals surface area contributed by atoms with E-state index >= 15 is 0 Å². The number of unbranched alkanes of at least 4 members (excludes halogenated alkanes) is 1. The summed E-state index contributed by atoms with van der Waals surface area (Å²) in [5.74, 6) is 1.69. The van der Waals surface area contributed by atoms with Gasteiger partial charge in [-0.05, 0) is 49.4 Å². The average molecular weight is 233 g/mol. The summed E-state index contributed by atoms with van der Waals surface area (Å²) in [5.41, 5.74) is 1.44. The second kappa shape index (κ2) is 6.65. The van der Waals surface area contributed by atoms with Gasteiger partial charge < -0.3 is 10.1 Å². The Kier molecular flexibility index (Phi) is 4.87. The topological polar surface area (TPSA) is 21.3 Å². The molecule has 1 atom stereocenters. The number of nitrogens with one attached hydrogen (secondary N) is 1. The Morgan fingerprint density at radius 2 is 2.12 bits per heavy atom. The van der Waals surface area contributed by atoms with Crippen LogP contribution in [0.3, 0.4) is 0 Å². The van der Waals surface area contributed by atoms with Crippen molar-refractivity contribution in [3.05, 3.63) is 29.8 Å². The van der Waals surface area contributed by atoms with Gasteiger partial charge in [0.15, 0.2) is 0 Å². The normalized spacial score (nSPS) is 20.2. The highest BCUT2D eigenvalue weighted by atomic mass is 16.5. The van der Waals surface area contributed by atoms with E-state index in [2.05, 4.69) is 36.5 Å². The molecule has 1 saturated heterocycles. The molecule has 1 fully saturated rings. The molecule has 0 amide bonds. The van der Waals surface area contributed by atoms with E-state index in [-0.39, 0.29) is 0 Å². The molecule has 0 bridgehead atoms. The van der Waals surface area contributed by atoms with E-state index in [9.17, 15) is 0 Å². The van der Waals surface area contributed by atoms with Crippen molar-refractivity contribution in [1.82, 2.24) is 5.32 Å². The van der Waals surface area contributed by atoms with E-state index in [0.717, 1.165) is 25.3 Å². The van der Waals surface area contributed by atoms with E-state index in [4.69, 9.17) is 4.74 Å². The number of ether oxygens (including phenoxy) is 1. The van der Waals surface area contributed by atoms with Crippen molar-refractivity contribution in [1.29, 1.82) is 0 Å². The number of rotatable bonds is 5. The molecular formula is C15H23NO. The summed E-state index contributed by atoms with van der Waals surface area (Å²) in [5, 5.41) is 3.46. The van der Waals surface area contributed by atoms with Gasteiger partial charge >= 0.3 is 0 Å². The molecule has 0 saturated carbocycles. The Balaban J connectivity index is 1.88. The minimum atomic E-state index is 0.688. The smallest absolute Gasteiger partial charge is 0.119 e. The minimum Gasteiger partial charge on any atom is -0.494 e. The molecule has 0 aromatic heterocycles. The fraction of sp³-hybridized carbons (Fsp3) is 0.600. The number of benzene rings is 1. The van der Waals surface area contributed by atoms with E-state index in [1.54, 1.807) is 0 Å². The van der Waals surface area contributed by atoms with E-state index < -0.39 is 0 Å². The summed E-state index contributed by atoms with van der Waals surface area (Å²) >= 11 is 0. The molecule has 1 aromatic carbocycles. The Morgan fingerprint density at radius 3 is 2.76 bits per heavy atom. The molecule has 1 N–H and O–H groups in total. The van der Waals surface area contributed by atoms with Gasteiger partial charge in [-0.3, -0.25) is 0 Å². The van der Waals surface area contributed by atoms with E-state index in [1.807, 2.05) is 0 Å². The van der Waals surface area contributed by atoms with Crippen LogP contribution >= 0.6 is 0 Å². The largest absolute Gasteiger partial charge is 0.494 e. The maximum absolute atomic E-state index is 5.67. The first-order valence-corrected chi connectivity index (χ1v) is 6.83. The summed E-state index contributed by atoms with van der Waals surface area (Å²) in [7, 11) is 0. The summed E-state index contributed by atoms with van der Waals surface area (Å²) in [6.45, 7) is 5.31. The quantitative estimate of drug-likeness (QED) is 0.788. The van der Waals surface area contributed by atoms with Crippen molar-refractivity contribution in [3.63, 3.8) is 0 Å². The highest BCUT2D eigenvalue weighted by Crippen LogP contribution is 2.25. The average Bonchev–Trinajstić information content (AvgIpc) is 2.41. The third-order valence-corrected chi connectivity index (χ3v) is 3.42. The maximum atomic E-state index is 5.67. The molecule has 2 heteroatoms. The molecule has 1 aromatic rings. The first-order valence-electron chi connectivity index (χ1n) is 6.83. The van der Waals surface area contributed by atoms with Gasteiger partial charge in [0.2, 0.25) is 0 Å². The van der Waals surface area contributed by atoms with Crippen molar-refractivity contribution in [3.8, 4) is 5.75 Å². The molecule has 0 radical (unpaired) electrons. The lowest BCUT2D eigenvalue weighted by Gasteiger charge is -2.23. The molecule has 94 valence electrons. The zero-order valence-corrected chi connectivity index (χ0v) is 10.7. The maximum Gasteiger partial charge on any atom is 0.119 e. The highest BCUT2D eigenvalue weighted by Gasteiger charge is 2.14. The van der Waals surface area contributed by atoms with Crippen LogP contribution in [0.4, 0.5) is 0 Å². The molecule has 2 nitrogen and oxygen atoms in total. The van der Waals surface area contributed by atoms with Gasteiger partial charge in [0.25, 0.3) is 0 Å². The predicted octanol–water partition coefficient (Wildman–Crippen LogP) is 3.33. The van der Waals surface area contributed by atoms with Crippen LogP contribution in [0.5, 0.6) is 5.75 Å². The Labute approximate surface area is 104 Å². The van der Waals surface area contributed by atoms with Crippen LogP contribution in [0.2, 0.25) is 0 Å². The van der Waals surface area contributed by atoms with Crippen molar-refractivity contribution < 1.29 is 4.74 Å². The number of piperidine rings is 1. The Hall–Kier alpha value is -1.02. The molecule has 1 unspecified atom stereocenters. The van der Waals surface area contributed by atoms with Gasteiger partial charge in [0.05, 0.1) is 6.61 Å². The van der Waals surface area contributed by atoms with Gasteiger partial charge in [0, 0.05) is 6.54 Å². The summed E-state index contributed by atoms with van der Waals surface area (Å²) < 4.78 is 5.67. The lowest BCUT2D eigenvalue weighted by atomic mass is 9.92. The van der Waals surface area contributed by atoms with Gasteiger partial charge in [-0.15, -0.1) is 0 Å². The molecule has 1 heterocycles. The molecule has 1 aliphatic heterocycles. The van der Waals surface area contributed by atoms with Crippen molar-refractivity contribution in [2.24, 2.45) is 0 Å². The second-order valence-electron chi connectivity index (χ2n) is 4.81. The van der Waals surface area contributed by atoms with Crippen molar-refractivity contribution in [2.45, 2.75) is 38.5 Å². The van der Waals surface area contributed by atoms with E-state index in [1.165, 1.54) is 31.4 Å². The van der Waals surface area contributed by atoms with Gasteiger partial charge in [0.1, 0.15) is 5.75 Å². The van der Waals surface area contributed by atoms with Crippen LogP contribution in [-0.4, -0.2) is 19.7 Å². The second-order valence-corrected chi connectivity index (χ2v) is 4.81. The van der Waals surface area contributed by atoms with Crippen LogP contribution in [0.25, 0.3) is 0 Å². The number of hydrogen-bond acceptors (Lipinski definition) is 2. The van der Waals surface area contributed by atoms with Gasteiger partial charge in [-0.1, -0.05) is 25.5 Å². The molecule has 2 rings (SSSR count). The first kappa shape index (κ1) is 12.4. The van der Waals surface area contributed by atoms with Crippen molar-refractivity contribution in [2.75, 3.05) is 19.7 Å². The third-order valence-electron chi connectivity index (χ3n) is 3.42. The zero-order chi connectivity index (χ0) is 11.9. The summed E-state index contributed by atoms with van der Waals surface area (Å²) in [4.78, 5) is 0. The lowest BCUT2D eigenvalue weighted by molar-refractivity contribution is 0.309. The highest BCUT2D eigenvalue weighted by molar-refractivity contribution is 5.29. The summed E-state index contributed by atoms with van der Waals surface area (Å²) in [6.07, 6.45) is 4.92. The van der Waals surface area contributed by atoms with E-state index in [0.29, 0.717) is 5.92 Å². The Bertz CT molecular complexity index is 314. The molecule has 17 heavy (non-hydrogen) atoms. The van der Waals surface area contributed by atoms with Crippen LogP contribution in [0.15, 0.2) is 24.3 Å². The molecule has 1 aliphatic rings. The summed E-state index contributed by atoms with van der Waals surface area (Å²) in [6, 6.07) is 8.66. The Morgan fingerprint density at radius 1 is 1.29 bits per heavy atom. The predicted molar refractivity (Wildman–Crippen MR) is 71.7 cm³/mol. The molecular weight excluding hydrogens is 210 g/mol. The fourth-order valence-electron chi connectivity index (χ4n) is 2.31. The monoisotopic (exact) mass is 233 g/mol. The first-order chi connectivity index (χ1) is 8.40. The van der Waals surface area contributed by atoms with Crippen LogP contribution in [0, 0.1) is 0 Å². The fourth-order valence-corrected chi connectivity index (χ4v) is 2.31.